The summed E-state index contributed by atoms with van der Waals surface area (Å²) >= 11 is 6.04. The predicted molar refractivity (Wildman–Crippen MR) is 114 cm³/mol. The first-order chi connectivity index (χ1) is 13.3. The zero-order chi connectivity index (χ0) is 20.3. The van der Waals surface area contributed by atoms with Crippen LogP contribution in [-0.2, 0) is 4.79 Å². The second-order valence-electron chi connectivity index (χ2n) is 7.00. The third-order valence-electron chi connectivity index (χ3n) is 4.75. The number of hydrogen-bond donors (Lipinski definition) is 2. The van der Waals surface area contributed by atoms with Crippen LogP contribution in [-0.4, -0.2) is 22.2 Å². The second kappa shape index (κ2) is 8.59. The maximum atomic E-state index is 12.5. The first kappa shape index (κ1) is 20.1. The molecule has 0 saturated heterocycles. The van der Waals surface area contributed by atoms with Crippen molar-refractivity contribution in [2.75, 3.05) is 11.9 Å². The van der Waals surface area contributed by atoms with Gasteiger partial charge < -0.3 is 10.6 Å². The molecule has 3 aromatic rings. The lowest BCUT2D eigenvalue weighted by Gasteiger charge is -2.14. The van der Waals surface area contributed by atoms with Gasteiger partial charge in [0.2, 0.25) is 5.91 Å². The minimum Gasteiger partial charge on any atom is -0.322 e. The van der Waals surface area contributed by atoms with Gasteiger partial charge >= 0.3 is 0 Å². The lowest BCUT2D eigenvalue weighted by Crippen LogP contribution is -2.30. The van der Waals surface area contributed by atoms with Gasteiger partial charge in [0.05, 0.1) is 29.3 Å². The Morgan fingerprint density at radius 3 is 2.54 bits per heavy atom. The highest BCUT2D eigenvalue weighted by Crippen LogP contribution is 2.23. The van der Waals surface area contributed by atoms with Crippen molar-refractivity contribution in [1.29, 1.82) is 0 Å². The topological polar surface area (TPSA) is 59.0 Å². The van der Waals surface area contributed by atoms with Crippen molar-refractivity contribution < 1.29 is 4.79 Å². The molecule has 0 unspecified atom stereocenters. The van der Waals surface area contributed by atoms with Gasteiger partial charge in [0.15, 0.2) is 0 Å². The zero-order valence-electron chi connectivity index (χ0n) is 16.6. The molecule has 3 rings (SSSR count). The number of nitrogens with zero attached hydrogens (tertiary/aromatic N) is 2. The number of carbonyl (C=O) groups excluding carboxylic acids is 1. The lowest BCUT2D eigenvalue weighted by atomic mass is 10.1. The summed E-state index contributed by atoms with van der Waals surface area (Å²) in [5.41, 5.74) is 5.65. The van der Waals surface area contributed by atoms with Gasteiger partial charge in [0, 0.05) is 11.1 Å². The standard InChI is InChI=1S/C22H25ClN4O/c1-14-8-10-20(11-9-14)27-17(4)22(16(3)26-27)25-21(28)13-24-15(2)18-6-5-7-19(23)12-18/h5-12,15,24H,13H2,1-4H3,(H,25,28)/t15-/m0/s1. The highest BCUT2D eigenvalue weighted by atomic mass is 35.5. The van der Waals surface area contributed by atoms with Crippen molar-refractivity contribution >= 4 is 23.2 Å². The van der Waals surface area contributed by atoms with Crippen LogP contribution in [0.15, 0.2) is 48.5 Å². The summed E-state index contributed by atoms with van der Waals surface area (Å²) in [5, 5.41) is 11.5. The molecule has 0 aliphatic heterocycles. The second-order valence-corrected chi connectivity index (χ2v) is 7.44. The van der Waals surface area contributed by atoms with Gasteiger partial charge in [-0.3, -0.25) is 4.79 Å². The van der Waals surface area contributed by atoms with E-state index < -0.39 is 0 Å². The van der Waals surface area contributed by atoms with Crippen molar-refractivity contribution in [2.45, 2.75) is 33.7 Å². The molecule has 1 amide bonds. The van der Waals surface area contributed by atoms with E-state index in [0.29, 0.717) is 5.02 Å². The summed E-state index contributed by atoms with van der Waals surface area (Å²) < 4.78 is 1.85. The van der Waals surface area contributed by atoms with Crippen LogP contribution in [0, 0.1) is 20.8 Å². The number of carbonyl (C=O) groups is 1. The lowest BCUT2D eigenvalue weighted by molar-refractivity contribution is -0.115. The fourth-order valence-corrected chi connectivity index (χ4v) is 3.28. The highest BCUT2D eigenvalue weighted by Gasteiger charge is 2.16. The molecule has 1 atom stereocenters. The molecule has 0 aliphatic carbocycles. The van der Waals surface area contributed by atoms with Crippen LogP contribution < -0.4 is 10.6 Å². The van der Waals surface area contributed by atoms with E-state index in [1.807, 2.05) is 80.9 Å². The molecule has 0 fully saturated rings. The molecule has 2 N–H and O–H groups in total. The van der Waals surface area contributed by atoms with Gasteiger partial charge in [-0.1, -0.05) is 41.4 Å². The minimum absolute atomic E-state index is 0.0157. The number of amides is 1. The Bertz CT molecular complexity index is 979. The third-order valence-corrected chi connectivity index (χ3v) is 4.99. The molecule has 146 valence electrons. The largest absolute Gasteiger partial charge is 0.322 e. The SMILES string of the molecule is Cc1ccc(-n2nc(C)c(NC(=O)CN[C@@H](C)c3cccc(Cl)c3)c2C)cc1. The number of nitrogens with one attached hydrogen (secondary N) is 2. The zero-order valence-corrected chi connectivity index (χ0v) is 17.3. The summed E-state index contributed by atoms with van der Waals surface area (Å²) in [6.45, 7) is 8.11. The first-order valence-corrected chi connectivity index (χ1v) is 9.65. The van der Waals surface area contributed by atoms with Crippen LogP contribution in [0.5, 0.6) is 0 Å². The van der Waals surface area contributed by atoms with E-state index in [9.17, 15) is 4.79 Å². The van der Waals surface area contributed by atoms with Gasteiger partial charge in [-0.2, -0.15) is 5.10 Å². The molecule has 1 heterocycles. The molecular formula is C22H25ClN4O. The molecule has 28 heavy (non-hydrogen) atoms. The number of benzene rings is 2. The van der Waals surface area contributed by atoms with Crippen molar-refractivity contribution in [3.05, 3.63) is 76.1 Å². The summed E-state index contributed by atoms with van der Waals surface area (Å²) in [5.74, 6) is -0.108. The van der Waals surface area contributed by atoms with E-state index in [1.54, 1.807) is 0 Å². The average molecular weight is 397 g/mol. The van der Waals surface area contributed by atoms with Crippen molar-refractivity contribution in [3.8, 4) is 5.69 Å². The average Bonchev–Trinajstić information content (AvgIpc) is 2.95. The van der Waals surface area contributed by atoms with Gasteiger partial charge in [0.1, 0.15) is 0 Å². The summed E-state index contributed by atoms with van der Waals surface area (Å²) in [6, 6.07) is 15.8. The molecule has 5 nitrogen and oxygen atoms in total. The normalized spacial score (nSPS) is 12.0. The monoisotopic (exact) mass is 396 g/mol. The molecule has 0 spiro atoms. The summed E-state index contributed by atoms with van der Waals surface area (Å²) in [7, 11) is 0. The quantitative estimate of drug-likeness (QED) is 0.632. The minimum atomic E-state index is -0.108. The van der Waals surface area contributed by atoms with Crippen molar-refractivity contribution in [1.82, 2.24) is 15.1 Å². The fraction of sp³-hybridized carbons (Fsp3) is 0.273. The smallest absolute Gasteiger partial charge is 0.238 e. The number of aryl methyl sites for hydroxylation is 2. The number of hydrogen-bond acceptors (Lipinski definition) is 3. The van der Waals surface area contributed by atoms with E-state index in [0.717, 1.165) is 28.3 Å². The van der Waals surface area contributed by atoms with E-state index in [1.165, 1.54) is 5.56 Å². The molecule has 0 aliphatic rings. The van der Waals surface area contributed by atoms with E-state index in [2.05, 4.69) is 15.7 Å². The fourth-order valence-electron chi connectivity index (χ4n) is 3.08. The Balaban J connectivity index is 1.66. The van der Waals surface area contributed by atoms with E-state index in [4.69, 9.17) is 11.6 Å². The Morgan fingerprint density at radius 1 is 1.14 bits per heavy atom. The highest BCUT2D eigenvalue weighted by molar-refractivity contribution is 6.30. The van der Waals surface area contributed by atoms with Gasteiger partial charge in [-0.25, -0.2) is 4.68 Å². The van der Waals surface area contributed by atoms with Crippen LogP contribution in [0.2, 0.25) is 5.02 Å². The Labute approximate surface area is 170 Å². The molecule has 0 saturated carbocycles. The summed E-state index contributed by atoms with van der Waals surface area (Å²) in [4.78, 5) is 12.5. The number of anilines is 1. The van der Waals surface area contributed by atoms with Gasteiger partial charge in [-0.15, -0.1) is 0 Å². The number of aromatic nitrogens is 2. The molecule has 1 aromatic heterocycles. The van der Waals surface area contributed by atoms with Crippen LogP contribution >= 0.6 is 11.6 Å². The maximum absolute atomic E-state index is 12.5. The van der Waals surface area contributed by atoms with Crippen molar-refractivity contribution in [3.63, 3.8) is 0 Å². The van der Waals surface area contributed by atoms with E-state index in [-0.39, 0.29) is 18.5 Å². The Hall–Kier alpha value is -2.63. The number of rotatable bonds is 6. The van der Waals surface area contributed by atoms with Crippen molar-refractivity contribution in [2.24, 2.45) is 0 Å². The van der Waals surface area contributed by atoms with Crippen LogP contribution in [0.3, 0.4) is 0 Å². The third kappa shape index (κ3) is 4.61. The Morgan fingerprint density at radius 2 is 1.86 bits per heavy atom. The molecular weight excluding hydrogens is 372 g/mol. The van der Waals surface area contributed by atoms with Crippen LogP contribution in [0.1, 0.15) is 35.5 Å². The Kier molecular flexibility index (Phi) is 6.17. The first-order valence-electron chi connectivity index (χ1n) is 9.27. The predicted octanol–water partition coefficient (Wildman–Crippen LogP) is 4.74. The van der Waals surface area contributed by atoms with Crippen LogP contribution in [0.25, 0.3) is 5.69 Å². The molecule has 6 heteroatoms. The maximum Gasteiger partial charge on any atom is 0.238 e. The number of halogens is 1. The van der Waals surface area contributed by atoms with Gasteiger partial charge in [-0.05, 0) is 57.5 Å². The van der Waals surface area contributed by atoms with E-state index >= 15 is 0 Å². The molecule has 2 aromatic carbocycles. The summed E-state index contributed by atoms with van der Waals surface area (Å²) in [6.07, 6.45) is 0. The molecule has 0 radical (unpaired) electrons. The van der Waals surface area contributed by atoms with Gasteiger partial charge in [0.25, 0.3) is 0 Å². The van der Waals surface area contributed by atoms with Crippen LogP contribution in [0.4, 0.5) is 5.69 Å². The molecule has 0 bridgehead atoms.